The zero-order valence-corrected chi connectivity index (χ0v) is 7.55. The van der Waals surface area contributed by atoms with E-state index in [2.05, 4.69) is 12.2 Å². The predicted molar refractivity (Wildman–Crippen MR) is 47.1 cm³/mol. The second-order valence-corrected chi connectivity index (χ2v) is 3.69. The van der Waals surface area contributed by atoms with E-state index in [0.29, 0.717) is 18.4 Å². The molecule has 1 fully saturated rings. The zero-order valence-electron chi connectivity index (χ0n) is 7.55. The van der Waals surface area contributed by atoms with Crippen molar-refractivity contribution in [3.05, 3.63) is 0 Å². The van der Waals surface area contributed by atoms with Crippen LogP contribution < -0.4 is 5.32 Å². The van der Waals surface area contributed by atoms with Crippen molar-refractivity contribution < 1.29 is 9.90 Å². The second kappa shape index (κ2) is 4.45. The number of hydrogen-bond donors (Lipinski definition) is 2. The van der Waals surface area contributed by atoms with Gasteiger partial charge < -0.3 is 10.4 Å². The quantitative estimate of drug-likeness (QED) is 0.671. The molecule has 2 N–H and O–H groups in total. The van der Waals surface area contributed by atoms with E-state index in [9.17, 15) is 4.79 Å². The van der Waals surface area contributed by atoms with Gasteiger partial charge in [-0.2, -0.15) is 0 Å². The number of aliphatic carboxylic acids is 1. The van der Waals surface area contributed by atoms with Crippen molar-refractivity contribution in [2.45, 2.75) is 38.6 Å². The number of rotatable bonds is 3. The first-order valence-electron chi connectivity index (χ1n) is 4.63. The standard InChI is InChI=1S/C9H17NO2/c1-7-2-3-8(6-10-7)4-5-9(11)12/h7-8,10H,2-6H2,1H3,(H,11,12)/t7-,8+/m1/s1. The Labute approximate surface area is 73.2 Å². The highest BCUT2D eigenvalue weighted by Gasteiger charge is 2.17. The Bertz CT molecular complexity index is 151. The summed E-state index contributed by atoms with van der Waals surface area (Å²) in [4.78, 5) is 10.3. The van der Waals surface area contributed by atoms with Gasteiger partial charge in [0.2, 0.25) is 0 Å². The molecule has 1 aliphatic rings. The monoisotopic (exact) mass is 171 g/mol. The average Bonchev–Trinajstić information content (AvgIpc) is 2.03. The largest absolute Gasteiger partial charge is 0.481 e. The minimum absolute atomic E-state index is 0.320. The van der Waals surface area contributed by atoms with Gasteiger partial charge in [0, 0.05) is 12.5 Å². The smallest absolute Gasteiger partial charge is 0.303 e. The van der Waals surface area contributed by atoms with Gasteiger partial charge in [-0.15, -0.1) is 0 Å². The number of nitrogens with one attached hydrogen (secondary N) is 1. The van der Waals surface area contributed by atoms with Crippen molar-refractivity contribution in [1.29, 1.82) is 0 Å². The molecule has 0 aliphatic carbocycles. The molecule has 0 radical (unpaired) electrons. The molecule has 0 aromatic rings. The molecular formula is C9H17NO2. The summed E-state index contributed by atoms with van der Waals surface area (Å²) < 4.78 is 0. The number of piperidine rings is 1. The minimum Gasteiger partial charge on any atom is -0.481 e. The first-order valence-corrected chi connectivity index (χ1v) is 4.63. The highest BCUT2D eigenvalue weighted by Crippen LogP contribution is 2.18. The highest BCUT2D eigenvalue weighted by molar-refractivity contribution is 5.66. The summed E-state index contributed by atoms with van der Waals surface area (Å²) in [6, 6.07) is 0.617. The lowest BCUT2D eigenvalue weighted by Gasteiger charge is -2.27. The Morgan fingerprint density at radius 1 is 1.58 bits per heavy atom. The normalized spacial score (nSPS) is 30.1. The molecule has 0 unspecified atom stereocenters. The van der Waals surface area contributed by atoms with Gasteiger partial charge in [0.05, 0.1) is 0 Å². The lowest BCUT2D eigenvalue weighted by atomic mass is 9.92. The maximum absolute atomic E-state index is 10.3. The minimum atomic E-state index is -0.673. The van der Waals surface area contributed by atoms with Crippen molar-refractivity contribution in [3.8, 4) is 0 Å². The molecule has 2 atom stereocenters. The Kier molecular flexibility index (Phi) is 3.53. The Hall–Kier alpha value is -0.570. The van der Waals surface area contributed by atoms with Crippen molar-refractivity contribution >= 4 is 5.97 Å². The molecule has 0 aromatic carbocycles. The molecule has 0 saturated carbocycles. The summed E-state index contributed by atoms with van der Waals surface area (Å²) in [5.74, 6) is -0.0917. The second-order valence-electron chi connectivity index (χ2n) is 3.69. The van der Waals surface area contributed by atoms with Crippen LogP contribution in [-0.2, 0) is 4.79 Å². The molecule has 3 heteroatoms. The molecule has 1 heterocycles. The van der Waals surface area contributed by atoms with Gasteiger partial charge in [0.25, 0.3) is 0 Å². The van der Waals surface area contributed by atoms with E-state index >= 15 is 0 Å². The third kappa shape index (κ3) is 3.22. The lowest BCUT2D eigenvalue weighted by molar-refractivity contribution is -0.137. The Balaban J connectivity index is 2.13. The van der Waals surface area contributed by atoms with Crippen molar-refractivity contribution in [2.24, 2.45) is 5.92 Å². The maximum atomic E-state index is 10.3. The van der Waals surface area contributed by atoms with Gasteiger partial charge in [-0.05, 0) is 38.6 Å². The van der Waals surface area contributed by atoms with Crippen LogP contribution in [-0.4, -0.2) is 23.7 Å². The van der Waals surface area contributed by atoms with E-state index in [1.54, 1.807) is 0 Å². The fourth-order valence-electron chi connectivity index (χ4n) is 1.63. The molecule has 3 nitrogen and oxygen atoms in total. The SMILES string of the molecule is C[C@@H]1CC[C@@H](CCC(=O)O)CN1. The third-order valence-electron chi connectivity index (χ3n) is 2.53. The van der Waals surface area contributed by atoms with E-state index in [0.717, 1.165) is 13.0 Å². The van der Waals surface area contributed by atoms with Crippen LogP contribution in [0.5, 0.6) is 0 Å². The van der Waals surface area contributed by atoms with Crippen LogP contribution in [0.15, 0.2) is 0 Å². The number of carbonyl (C=O) groups is 1. The van der Waals surface area contributed by atoms with Crippen LogP contribution in [0.25, 0.3) is 0 Å². The summed E-state index contributed by atoms with van der Waals surface area (Å²) in [5.41, 5.74) is 0. The van der Waals surface area contributed by atoms with E-state index in [4.69, 9.17) is 5.11 Å². The fraction of sp³-hybridized carbons (Fsp3) is 0.889. The van der Waals surface area contributed by atoms with E-state index in [1.165, 1.54) is 12.8 Å². The average molecular weight is 171 g/mol. The molecule has 0 bridgehead atoms. The summed E-state index contributed by atoms with van der Waals surface area (Å²) in [6.45, 7) is 3.17. The fourth-order valence-corrected chi connectivity index (χ4v) is 1.63. The van der Waals surface area contributed by atoms with Crippen LogP contribution in [0.3, 0.4) is 0 Å². The third-order valence-corrected chi connectivity index (χ3v) is 2.53. The topological polar surface area (TPSA) is 49.3 Å². The molecule has 0 spiro atoms. The van der Waals surface area contributed by atoms with Gasteiger partial charge in [-0.3, -0.25) is 4.79 Å². The van der Waals surface area contributed by atoms with Crippen LogP contribution in [0.1, 0.15) is 32.6 Å². The van der Waals surface area contributed by atoms with Gasteiger partial charge in [-0.1, -0.05) is 0 Å². The van der Waals surface area contributed by atoms with Gasteiger partial charge >= 0.3 is 5.97 Å². The van der Waals surface area contributed by atoms with Crippen molar-refractivity contribution in [2.75, 3.05) is 6.54 Å². The first-order chi connectivity index (χ1) is 5.68. The van der Waals surface area contributed by atoms with Crippen LogP contribution in [0, 0.1) is 5.92 Å². The highest BCUT2D eigenvalue weighted by atomic mass is 16.4. The van der Waals surface area contributed by atoms with E-state index in [-0.39, 0.29) is 0 Å². The predicted octanol–water partition coefficient (Wildman–Crippen LogP) is 1.24. The number of hydrogen-bond acceptors (Lipinski definition) is 2. The Morgan fingerprint density at radius 3 is 2.83 bits per heavy atom. The summed E-state index contributed by atoms with van der Waals surface area (Å²) in [6.07, 6.45) is 3.52. The van der Waals surface area contributed by atoms with Crippen molar-refractivity contribution in [3.63, 3.8) is 0 Å². The van der Waals surface area contributed by atoms with E-state index < -0.39 is 5.97 Å². The number of carboxylic acids is 1. The first kappa shape index (κ1) is 9.52. The van der Waals surface area contributed by atoms with Gasteiger partial charge in [0.1, 0.15) is 0 Å². The lowest BCUT2D eigenvalue weighted by Crippen LogP contribution is -2.36. The molecule has 0 aromatic heterocycles. The van der Waals surface area contributed by atoms with Gasteiger partial charge in [-0.25, -0.2) is 0 Å². The molecule has 1 saturated heterocycles. The van der Waals surface area contributed by atoms with Crippen LogP contribution in [0.2, 0.25) is 0 Å². The summed E-state index contributed by atoms with van der Waals surface area (Å²) >= 11 is 0. The summed E-state index contributed by atoms with van der Waals surface area (Å²) in [5, 5.41) is 11.8. The van der Waals surface area contributed by atoms with Crippen LogP contribution in [0.4, 0.5) is 0 Å². The number of carboxylic acid groups (broad SMARTS) is 1. The zero-order chi connectivity index (χ0) is 8.97. The molecule has 1 rings (SSSR count). The molecule has 0 amide bonds. The maximum Gasteiger partial charge on any atom is 0.303 e. The Morgan fingerprint density at radius 2 is 2.33 bits per heavy atom. The van der Waals surface area contributed by atoms with E-state index in [1.807, 2.05) is 0 Å². The molecular weight excluding hydrogens is 154 g/mol. The van der Waals surface area contributed by atoms with Crippen LogP contribution >= 0.6 is 0 Å². The molecule has 12 heavy (non-hydrogen) atoms. The summed E-state index contributed by atoms with van der Waals surface area (Å²) in [7, 11) is 0. The molecule has 70 valence electrons. The molecule has 1 aliphatic heterocycles. The van der Waals surface area contributed by atoms with Gasteiger partial charge in [0.15, 0.2) is 0 Å². The van der Waals surface area contributed by atoms with Crippen molar-refractivity contribution in [1.82, 2.24) is 5.32 Å².